The molecule has 0 aliphatic heterocycles. The summed E-state index contributed by atoms with van der Waals surface area (Å²) in [7, 11) is -4.73. The van der Waals surface area contributed by atoms with E-state index in [0.29, 0.717) is 28.2 Å². The van der Waals surface area contributed by atoms with Crippen molar-refractivity contribution >= 4 is 67.1 Å². The minimum Gasteiger partial charge on any atom is -0.870 e. The molecule has 0 heterocycles. The van der Waals surface area contributed by atoms with Gasteiger partial charge in [-0.05, 0) is 54.6 Å². The van der Waals surface area contributed by atoms with E-state index in [4.69, 9.17) is 27.9 Å². The van der Waals surface area contributed by atoms with Crippen LogP contribution in [0, 0.1) is 0 Å². The minimum atomic E-state index is -4.73. The van der Waals surface area contributed by atoms with Gasteiger partial charge in [0.05, 0.1) is 23.0 Å². The normalized spacial score (nSPS) is 11.4. The number of fused-ring (bicyclic) bond motifs is 1. The van der Waals surface area contributed by atoms with Crippen molar-refractivity contribution in [1.82, 2.24) is 0 Å². The SMILES string of the molecule is CCOc1ccc(Cl)cc1NC(=O)c1cc2ccccc2c(N=Nc2c(Cl)ccc(CC)c2S(=O)(=O)O)c1[O-].[Na+]. The number of anilines is 1. The first-order valence-corrected chi connectivity index (χ1v) is 13.9. The van der Waals surface area contributed by atoms with E-state index in [1.54, 1.807) is 50.2 Å². The molecule has 0 aliphatic rings. The average Bonchev–Trinajstić information content (AvgIpc) is 2.89. The summed E-state index contributed by atoms with van der Waals surface area (Å²) in [5, 5.41) is 25.4. The Balaban J connectivity index is 0.00000441. The van der Waals surface area contributed by atoms with Gasteiger partial charge in [0, 0.05) is 16.0 Å². The molecule has 0 aromatic heterocycles. The molecule has 4 rings (SSSR count). The fourth-order valence-electron chi connectivity index (χ4n) is 4.00. The van der Waals surface area contributed by atoms with Gasteiger partial charge in [-0.1, -0.05) is 66.2 Å². The third kappa shape index (κ3) is 6.77. The summed E-state index contributed by atoms with van der Waals surface area (Å²) in [6.07, 6.45) is 0.257. The van der Waals surface area contributed by atoms with Crippen molar-refractivity contribution in [2.75, 3.05) is 11.9 Å². The number of benzene rings is 4. The van der Waals surface area contributed by atoms with Crippen LogP contribution < -0.4 is 44.7 Å². The summed E-state index contributed by atoms with van der Waals surface area (Å²) in [6, 6.07) is 15.7. The standard InChI is InChI=1S/C27H23Cl2N3O6S.Na/c1-3-15-9-11-20(29)24(26(15)39(35,36)37)32-31-23-18-8-6-5-7-16(18)13-19(25(23)33)27(34)30-21-14-17(28)10-12-22(21)38-4-2;/h5-14,33H,3-4H2,1-2H3,(H,30,34)(H,35,36,37);/q;+1/p-1. The predicted molar refractivity (Wildman–Crippen MR) is 149 cm³/mol. The number of carbonyl (C=O) groups excluding carboxylic acids is 1. The van der Waals surface area contributed by atoms with Crippen LogP contribution in [0.15, 0.2) is 75.8 Å². The van der Waals surface area contributed by atoms with Crippen molar-refractivity contribution in [3.63, 3.8) is 0 Å². The Bertz CT molecular complexity index is 1730. The molecule has 0 saturated carbocycles. The van der Waals surface area contributed by atoms with Gasteiger partial charge in [0.1, 0.15) is 16.3 Å². The number of amides is 1. The number of nitrogens with zero attached hydrogens (tertiary/aromatic N) is 2. The number of aryl methyl sites for hydroxylation is 1. The molecule has 0 atom stereocenters. The zero-order valence-electron chi connectivity index (χ0n) is 21.7. The molecule has 40 heavy (non-hydrogen) atoms. The van der Waals surface area contributed by atoms with Crippen molar-refractivity contribution < 1.29 is 57.2 Å². The van der Waals surface area contributed by atoms with E-state index in [9.17, 15) is 22.9 Å². The Morgan fingerprint density at radius 1 is 1.02 bits per heavy atom. The van der Waals surface area contributed by atoms with Crippen LogP contribution >= 0.6 is 23.2 Å². The Hall–Kier alpha value is -2.70. The van der Waals surface area contributed by atoms with Crippen LogP contribution in [-0.2, 0) is 16.5 Å². The number of ether oxygens (including phenoxy) is 1. The average molecular weight is 610 g/mol. The van der Waals surface area contributed by atoms with Crippen LogP contribution in [0.4, 0.5) is 17.1 Å². The summed E-state index contributed by atoms with van der Waals surface area (Å²) in [5.74, 6) is -1.13. The molecule has 4 aromatic rings. The van der Waals surface area contributed by atoms with E-state index in [1.807, 2.05) is 0 Å². The van der Waals surface area contributed by atoms with Crippen LogP contribution in [0.5, 0.6) is 11.5 Å². The van der Waals surface area contributed by atoms with E-state index in [0.717, 1.165) is 0 Å². The van der Waals surface area contributed by atoms with Gasteiger partial charge in [-0.15, -0.1) is 5.11 Å². The Morgan fingerprint density at radius 3 is 2.40 bits per heavy atom. The molecule has 2 N–H and O–H groups in total. The second-order valence-corrected chi connectivity index (χ2v) is 10.5. The van der Waals surface area contributed by atoms with Crippen LogP contribution in [0.25, 0.3) is 10.8 Å². The molecule has 0 unspecified atom stereocenters. The molecule has 9 nitrogen and oxygen atoms in total. The summed E-state index contributed by atoms with van der Waals surface area (Å²) in [5.41, 5.74) is -0.243. The Morgan fingerprint density at radius 2 is 1.73 bits per heavy atom. The molecule has 0 fully saturated rings. The van der Waals surface area contributed by atoms with E-state index >= 15 is 0 Å². The first kappa shape index (κ1) is 31.8. The molecule has 202 valence electrons. The third-order valence-electron chi connectivity index (χ3n) is 5.76. The van der Waals surface area contributed by atoms with Gasteiger partial charge in [-0.3, -0.25) is 9.35 Å². The van der Waals surface area contributed by atoms with Crippen molar-refractivity contribution in [2.24, 2.45) is 10.2 Å². The predicted octanol–water partition coefficient (Wildman–Crippen LogP) is 4.10. The summed E-state index contributed by atoms with van der Waals surface area (Å²) < 4.78 is 39.7. The van der Waals surface area contributed by atoms with Gasteiger partial charge in [0.15, 0.2) is 0 Å². The van der Waals surface area contributed by atoms with Gasteiger partial charge in [-0.2, -0.15) is 13.5 Å². The second kappa shape index (κ2) is 13.3. The maximum absolute atomic E-state index is 13.5. The number of nitrogens with one attached hydrogen (secondary N) is 1. The number of hydrogen-bond acceptors (Lipinski definition) is 7. The van der Waals surface area contributed by atoms with Gasteiger partial charge >= 0.3 is 29.6 Å². The molecule has 13 heteroatoms. The van der Waals surface area contributed by atoms with Gasteiger partial charge in [0.2, 0.25) is 0 Å². The fourth-order valence-corrected chi connectivity index (χ4v) is 5.36. The van der Waals surface area contributed by atoms with Crippen LogP contribution in [-0.4, -0.2) is 25.5 Å². The second-order valence-electron chi connectivity index (χ2n) is 8.26. The van der Waals surface area contributed by atoms with Crippen LogP contribution in [0.1, 0.15) is 29.8 Å². The van der Waals surface area contributed by atoms with Crippen LogP contribution in [0.3, 0.4) is 0 Å². The smallest absolute Gasteiger partial charge is 0.870 e. The van der Waals surface area contributed by atoms with E-state index in [2.05, 4.69) is 15.5 Å². The maximum atomic E-state index is 13.5. The zero-order chi connectivity index (χ0) is 28.3. The van der Waals surface area contributed by atoms with E-state index in [-0.39, 0.29) is 69.2 Å². The van der Waals surface area contributed by atoms with Gasteiger partial charge < -0.3 is 15.2 Å². The maximum Gasteiger partial charge on any atom is 1.00 e. The Kier molecular flexibility index (Phi) is 10.6. The first-order chi connectivity index (χ1) is 18.5. The summed E-state index contributed by atoms with van der Waals surface area (Å²) >= 11 is 12.3. The molecule has 1 amide bonds. The fraction of sp³-hybridized carbons (Fsp3) is 0.148. The topological polar surface area (TPSA) is 140 Å². The van der Waals surface area contributed by atoms with Crippen LogP contribution in [0.2, 0.25) is 10.0 Å². The summed E-state index contributed by atoms with van der Waals surface area (Å²) in [4.78, 5) is 12.8. The molecule has 0 radical (unpaired) electrons. The number of rotatable bonds is 8. The minimum absolute atomic E-state index is 0. The van der Waals surface area contributed by atoms with Gasteiger partial charge in [0.25, 0.3) is 16.0 Å². The largest absolute Gasteiger partial charge is 1.00 e. The first-order valence-electron chi connectivity index (χ1n) is 11.7. The summed E-state index contributed by atoms with van der Waals surface area (Å²) in [6.45, 7) is 3.82. The van der Waals surface area contributed by atoms with Crippen molar-refractivity contribution in [1.29, 1.82) is 0 Å². The molecule has 4 aromatic carbocycles. The van der Waals surface area contributed by atoms with Crippen molar-refractivity contribution in [3.05, 3.63) is 81.8 Å². The molecular formula is C27H22Cl2N3NaO6S. The number of carbonyl (C=O) groups is 1. The molecule has 0 bridgehead atoms. The molecule has 0 spiro atoms. The van der Waals surface area contributed by atoms with E-state index < -0.39 is 26.7 Å². The quantitative estimate of drug-likeness (QED) is 0.175. The molecular weight excluding hydrogens is 588 g/mol. The molecule has 0 saturated heterocycles. The van der Waals surface area contributed by atoms with Crippen molar-refractivity contribution in [2.45, 2.75) is 25.2 Å². The third-order valence-corrected chi connectivity index (χ3v) is 7.27. The number of azo groups is 1. The van der Waals surface area contributed by atoms with Crippen molar-refractivity contribution in [3.8, 4) is 11.5 Å². The molecule has 0 aliphatic carbocycles. The Labute approximate surface area is 263 Å². The van der Waals surface area contributed by atoms with Gasteiger partial charge in [-0.25, -0.2) is 0 Å². The van der Waals surface area contributed by atoms with E-state index in [1.165, 1.54) is 24.3 Å². The number of hydrogen-bond donors (Lipinski definition) is 2. The number of halogens is 2. The monoisotopic (exact) mass is 609 g/mol. The zero-order valence-corrected chi connectivity index (χ0v) is 26.1.